The molecule has 30 heavy (non-hydrogen) atoms. The van der Waals surface area contributed by atoms with Crippen LogP contribution >= 0.6 is 0 Å². The molecule has 0 radical (unpaired) electrons. The molecule has 0 unspecified atom stereocenters. The zero-order valence-corrected chi connectivity index (χ0v) is 16.6. The average Bonchev–Trinajstić information content (AvgIpc) is 3.46. The van der Waals surface area contributed by atoms with Gasteiger partial charge in [0.1, 0.15) is 5.82 Å². The molecule has 2 aliphatic rings. The molecule has 0 atom stereocenters. The Morgan fingerprint density at radius 1 is 1.10 bits per heavy atom. The van der Waals surface area contributed by atoms with E-state index in [4.69, 9.17) is 0 Å². The van der Waals surface area contributed by atoms with Gasteiger partial charge in [0.15, 0.2) is 5.82 Å². The fourth-order valence-corrected chi connectivity index (χ4v) is 3.55. The van der Waals surface area contributed by atoms with Gasteiger partial charge in [-0.2, -0.15) is 0 Å². The molecule has 1 amide bonds. The van der Waals surface area contributed by atoms with Crippen LogP contribution < -0.4 is 10.6 Å². The van der Waals surface area contributed by atoms with E-state index in [1.807, 2.05) is 36.5 Å². The molecule has 0 bridgehead atoms. The zero-order chi connectivity index (χ0) is 20.3. The van der Waals surface area contributed by atoms with E-state index in [-0.39, 0.29) is 5.91 Å². The van der Waals surface area contributed by atoms with E-state index >= 15 is 0 Å². The van der Waals surface area contributed by atoms with Crippen molar-refractivity contribution in [2.24, 2.45) is 4.99 Å². The third-order valence-electron chi connectivity index (χ3n) is 5.33. The van der Waals surface area contributed by atoms with Crippen LogP contribution in [-0.4, -0.2) is 28.1 Å². The summed E-state index contributed by atoms with van der Waals surface area (Å²) in [6, 6.07) is 16.6. The van der Waals surface area contributed by atoms with Gasteiger partial charge in [0.05, 0.1) is 6.54 Å². The van der Waals surface area contributed by atoms with Crippen molar-refractivity contribution >= 4 is 23.6 Å². The van der Waals surface area contributed by atoms with E-state index in [0.29, 0.717) is 24.7 Å². The highest BCUT2D eigenvalue weighted by Crippen LogP contribution is 2.24. The summed E-state index contributed by atoms with van der Waals surface area (Å²) in [7, 11) is 0. The van der Waals surface area contributed by atoms with Crippen LogP contribution in [0.4, 0.5) is 11.5 Å². The van der Waals surface area contributed by atoms with Gasteiger partial charge in [0.2, 0.25) is 5.91 Å². The lowest BCUT2D eigenvalue weighted by Crippen LogP contribution is -2.25. The number of aromatic nitrogens is 2. The standard InChI is InChI=1S/C24H23N5O/c30-23(28-20-7-8-20)9-4-16-2-1-3-17(12-16)24-26-11-10-22(29-24)27-21-6-5-18-14-25-15-19(18)13-21/h1-3,5-6,10-13,15,20H,4,7-9,14H2,(H,28,30)(H,26,27,29). The van der Waals surface area contributed by atoms with Crippen LogP contribution in [0, 0.1) is 0 Å². The number of aryl methyl sites for hydroxylation is 1. The summed E-state index contributed by atoms with van der Waals surface area (Å²) in [4.78, 5) is 25.4. The molecule has 2 N–H and O–H groups in total. The third-order valence-corrected chi connectivity index (χ3v) is 5.33. The lowest BCUT2D eigenvalue weighted by molar-refractivity contribution is -0.121. The van der Waals surface area contributed by atoms with Crippen LogP contribution in [0.25, 0.3) is 11.4 Å². The number of anilines is 2. The molecule has 0 saturated heterocycles. The summed E-state index contributed by atoms with van der Waals surface area (Å²) in [6.07, 6.45) is 7.10. The molecular formula is C24H23N5O. The summed E-state index contributed by atoms with van der Waals surface area (Å²) in [5.74, 6) is 1.53. The van der Waals surface area contributed by atoms with Gasteiger partial charge in [0.25, 0.3) is 0 Å². The minimum Gasteiger partial charge on any atom is -0.353 e. The second-order valence-electron chi connectivity index (χ2n) is 7.82. The predicted molar refractivity (Wildman–Crippen MR) is 118 cm³/mol. The van der Waals surface area contributed by atoms with Crippen molar-refractivity contribution in [2.45, 2.75) is 38.3 Å². The number of amides is 1. The van der Waals surface area contributed by atoms with Gasteiger partial charge >= 0.3 is 0 Å². The average molecular weight is 397 g/mol. The Morgan fingerprint density at radius 2 is 2.03 bits per heavy atom. The number of rotatable bonds is 7. The maximum absolute atomic E-state index is 12.0. The Balaban J connectivity index is 1.28. The molecule has 1 aliphatic heterocycles. The maximum Gasteiger partial charge on any atom is 0.220 e. The number of nitrogens with zero attached hydrogens (tertiary/aromatic N) is 3. The van der Waals surface area contributed by atoms with Crippen molar-refractivity contribution in [2.75, 3.05) is 5.32 Å². The highest BCUT2D eigenvalue weighted by molar-refractivity contribution is 5.86. The van der Waals surface area contributed by atoms with Crippen LogP contribution in [0.5, 0.6) is 0 Å². The molecule has 2 heterocycles. The lowest BCUT2D eigenvalue weighted by Gasteiger charge is -2.09. The van der Waals surface area contributed by atoms with Gasteiger partial charge in [-0.25, -0.2) is 9.97 Å². The zero-order valence-electron chi connectivity index (χ0n) is 16.6. The quantitative estimate of drug-likeness (QED) is 0.631. The number of hydrogen-bond donors (Lipinski definition) is 2. The Labute approximate surface area is 175 Å². The lowest BCUT2D eigenvalue weighted by atomic mass is 10.1. The summed E-state index contributed by atoms with van der Waals surface area (Å²) >= 11 is 0. The van der Waals surface area contributed by atoms with Gasteiger partial charge < -0.3 is 10.6 Å². The van der Waals surface area contributed by atoms with E-state index in [2.05, 4.69) is 43.8 Å². The Hall–Kier alpha value is -3.54. The molecule has 150 valence electrons. The summed E-state index contributed by atoms with van der Waals surface area (Å²) in [6.45, 7) is 0.756. The van der Waals surface area contributed by atoms with E-state index in [1.54, 1.807) is 6.20 Å². The third kappa shape index (κ3) is 4.38. The van der Waals surface area contributed by atoms with Crippen LogP contribution in [0.2, 0.25) is 0 Å². The second-order valence-corrected chi connectivity index (χ2v) is 7.82. The minimum absolute atomic E-state index is 0.129. The van der Waals surface area contributed by atoms with Crippen molar-refractivity contribution in [1.29, 1.82) is 0 Å². The van der Waals surface area contributed by atoms with Gasteiger partial charge in [0, 0.05) is 36.1 Å². The fourth-order valence-electron chi connectivity index (χ4n) is 3.55. The molecule has 6 nitrogen and oxygen atoms in total. The van der Waals surface area contributed by atoms with Gasteiger partial charge in [-0.3, -0.25) is 9.79 Å². The molecule has 1 fully saturated rings. The summed E-state index contributed by atoms with van der Waals surface area (Å²) < 4.78 is 0. The molecule has 1 aliphatic carbocycles. The highest BCUT2D eigenvalue weighted by atomic mass is 16.1. The number of hydrogen-bond acceptors (Lipinski definition) is 5. The first kappa shape index (κ1) is 18.5. The highest BCUT2D eigenvalue weighted by Gasteiger charge is 2.22. The number of aliphatic imine (C=N–C) groups is 1. The number of carbonyl (C=O) groups excluding carboxylic acids is 1. The SMILES string of the molecule is O=C(CCc1cccc(-c2nccc(Nc3ccc4c(c3)C=NC4)n2)c1)NC1CC1. The smallest absolute Gasteiger partial charge is 0.220 e. The predicted octanol–water partition coefficient (Wildman–Crippen LogP) is 4.03. The molecule has 3 aromatic rings. The summed E-state index contributed by atoms with van der Waals surface area (Å²) in [5.41, 5.74) is 5.42. The fraction of sp³-hybridized carbons (Fsp3) is 0.250. The van der Waals surface area contributed by atoms with Crippen LogP contribution in [0.3, 0.4) is 0 Å². The number of carbonyl (C=O) groups is 1. The molecule has 5 rings (SSSR count). The first-order valence-corrected chi connectivity index (χ1v) is 10.3. The van der Waals surface area contributed by atoms with Crippen molar-refractivity contribution < 1.29 is 4.79 Å². The first-order valence-electron chi connectivity index (χ1n) is 10.3. The number of benzene rings is 2. The largest absolute Gasteiger partial charge is 0.353 e. The Bertz CT molecular complexity index is 1120. The minimum atomic E-state index is 0.129. The molecule has 2 aromatic carbocycles. The van der Waals surface area contributed by atoms with Crippen molar-refractivity contribution in [3.63, 3.8) is 0 Å². The van der Waals surface area contributed by atoms with Crippen LogP contribution in [0.1, 0.15) is 36.0 Å². The van der Waals surface area contributed by atoms with Crippen molar-refractivity contribution in [1.82, 2.24) is 15.3 Å². The van der Waals surface area contributed by atoms with Crippen LogP contribution in [0.15, 0.2) is 59.7 Å². The number of fused-ring (bicyclic) bond motifs is 1. The van der Waals surface area contributed by atoms with E-state index in [9.17, 15) is 4.79 Å². The second kappa shape index (κ2) is 8.06. The van der Waals surface area contributed by atoms with E-state index < -0.39 is 0 Å². The summed E-state index contributed by atoms with van der Waals surface area (Å²) in [5, 5.41) is 6.39. The van der Waals surface area contributed by atoms with Gasteiger partial charge in [-0.15, -0.1) is 0 Å². The monoisotopic (exact) mass is 397 g/mol. The van der Waals surface area contributed by atoms with Crippen molar-refractivity contribution in [3.05, 3.63) is 71.4 Å². The van der Waals surface area contributed by atoms with E-state index in [0.717, 1.165) is 47.6 Å². The molecular weight excluding hydrogens is 374 g/mol. The molecule has 1 saturated carbocycles. The Kier molecular flexibility index (Phi) is 4.97. The Morgan fingerprint density at radius 3 is 2.93 bits per heavy atom. The topological polar surface area (TPSA) is 79.3 Å². The first-order chi connectivity index (χ1) is 14.7. The molecule has 1 aromatic heterocycles. The maximum atomic E-state index is 12.0. The van der Waals surface area contributed by atoms with Crippen LogP contribution in [-0.2, 0) is 17.8 Å². The van der Waals surface area contributed by atoms with Gasteiger partial charge in [-0.05, 0) is 60.2 Å². The van der Waals surface area contributed by atoms with E-state index in [1.165, 1.54) is 5.56 Å². The molecule has 0 spiro atoms. The van der Waals surface area contributed by atoms with Gasteiger partial charge in [-0.1, -0.05) is 24.3 Å². The van der Waals surface area contributed by atoms with Crippen molar-refractivity contribution in [3.8, 4) is 11.4 Å². The number of nitrogens with one attached hydrogen (secondary N) is 2. The normalized spacial score (nSPS) is 14.4. The molecule has 6 heteroatoms.